The van der Waals surface area contributed by atoms with Crippen molar-refractivity contribution in [3.8, 4) is 11.5 Å². The van der Waals surface area contributed by atoms with Crippen molar-refractivity contribution in [1.29, 1.82) is 0 Å². The summed E-state index contributed by atoms with van der Waals surface area (Å²) < 4.78 is 11.7. The summed E-state index contributed by atoms with van der Waals surface area (Å²) >= 11 is 0. The van der Waals surface area contributed by atoms with Gasteiger partial charge in [0.1, 0.15) is 6.10 Å². The summed E-state index contributed by atoms with van der Waals surface area (Å²) in [5, 5.41) is 2.73. The number of benzene rings is 1. The van der Waals surface area contributed by atoms with Crippen molar-refractivity contribution in [2.75, 3.05) is 26.2 Å². The lowest BCUT2D eigenvalue weighted by atomic mass is 10.1. The van der Waals surface area contributed by atoms with Crippen molar-refractivity contribution >= 4 is 11.8 Å². The molecule has 0 bridgehead atoms. The van der Waals surface area contributed by atoms with Crippen LogP contribution in [0, 0.1) is 5.92 Å². The second-order valence-electron chi connectivity index (χ2n) is 7.29. The molecule has 0 saturated carbocycles. The Morgan fingerprint density at radius 1 is 1.19 bits per heavy atom. The molecule has 1 aromatic rings. The van der Waals surface area contributed by atoms with Crippen LogP contribution in [0.15, 0.2) is 24.3 Å². The quantitative estimate of drug-likeness (QED) is 0.719. The molecule has 1 N–H and O–H groups in total. The van der Waals surface area contributed by atoms with Gasteiger partial charge in [-0.2, -0.15) is 0 Å². The first-order valence-electron chi connectivity index (χ1n) is 9.92. The topological polar surface area (TPSA) is 67.9 Å². The lowest BCUT2D eigenvalue weighted by Gasteiger charge is -2.32. The van der Waals surface area contributed by atoms with Crippen LogP contribution < -0.4 is 14.8 Å². The first kappa shape index (κ1) is 21.1. The van der Waals surface area contributed by atoms with Crippen molar-refractivity contribution in [3.05, 3.63) is 24.3 Å². The molecule has 0 aliphatic carbocycles. The SMILES string of the molecule is CCOc1ccccc1OC1CCN(C(=O)CNC(=O)CCC(C)C)CC1. The molecule has 27 heavy (non-hydrogen) atoms. The van der Waals surface area contributed by atoms with Crippen LogP contribution >= 0.6 is 0 Å². The normalized spacial score (nSPS) is 14.9. The fourth-order valence-electron chi connectivity index (χ4n) is 3.02. The Hall–Kier alpha value is -2.24. The van der Waals surface area contributed by atoms with E-state index < -0.39 is 0 Å². The molecule has 1 saturated heterocycles. The number of carbonyl (C=O) groups is 2. The Kier molecular flexibility index (Phi) is 8.43. The zero-order chi connectivity index (χ0) is 19.6. The first-order chi connectivity index (χ1) is 13.0. The van der Waals surface area contributed by atoms with Crippen LogP contribution in [0.1, 0.15) is 46.5 Å². The number of nitrogens with one attached hydrogen (secondary N) is 1. The van der Waals surface area contributed by atoms with Crippen molar-refractivity contribution in [3.63, 3.8) is 0 Å². The van der Waals surface area contributed by atoms with Crippen molar-refractivity contribution in [2.45, 2.75) is 52.6 Å². The standard InChI is InChI=1S/C21H32N2O4/c1-4-26-18-7-5-6-8-19(18)27-17-11-13-23(14-12-17)21(25)15-22-20(24)10-9-16(2)3/h5-8,16-17H,4,9-15H2,1-3H3,(H,22,24). The smallest absolute Gasteiger partial charge is 0.241 e. The number of hydrogen-bond acceptors (Lipinski definition) is 4. The average molecular weight is 376 g/mol. The fraction of sp³-hybridized carbons (Fsp3) is 0.619. The Morgan fingerprint density at radius 2 is 1.85 bits per heavy atom. The van der Waals surface area contributed by atoms with Crippen LogP contribution in [0.3, 0.4) is 0 Å². The molecule has 6 nitrogen and oxygen atoms in total. The number of likely N-dealkylation sites (tertiary alicyclic amines) is 1. The van der Waals surface area contributed by atoms with E-state index in [2.05, 4.69) is 19.2 Å². The monoisotopic (exact) mass is 376 g/mol. The molecule has 2 rings (SSSR count). The van der Waals surface area contributed by atoms with Crippen LogP contribution in [0.2, 0.25) is 0 Å². The van der Waals surface area contributed by atoms with Gasteiger partial charge in [0.2, 0.25) is 11.8 Å². The van der Waals surface area contributed by atoms with Gasteiger partial charge in [0.15, 0.2) is 11.5 Å². The van der Waals surface area contributed by atoms with E-state index in [1.807, 2.05) is 31.2 Å². The summed E-state index contributed by atoms with van der Waals surface area (Å²) in [6.07, 6.45) is 2.92. The predicted molar refractivity (Wildman–Crippen MR) is 105 cm³/mol. The van der Waals surface area contributed by atoms with Crippen LogP contribution in [0.25, 0.3) is 0 Å². The van der Waals surface area contributed by atoms with Crippen molar-refractivity contribution in [1.82, 2.24) is 10.2 Å². The van der Waals surface area contributed by atoms with Gasteiger partial charge in [-0.1, -0.05) is 26.0 Å². The summed E-state index contributed by atoms with van der Waals surface area (Å²) in [6.45, 7) is 8.06. The van der Waals surface area contributed by atoms with E-state index in [4.69, 9.17) is 9.47 Å². The van der Waals surface area contributed by atoms with E-state index in [1.165, 1.54) is 0 Å². The summed E-state index contributed by atoms with van der Waals surface area (Å²) in [6, 6.07) is 7.67. The van der Waals surface area contributed by atoms with Crippen LogP contribution in [0.4, 0.5) is 0 Å². The van der Waals surface area contributed by atoms with Gasteiger partial charge in [0.05, 0.1) is 13.2 Å². The number of piperidine rings is 1. The number of rotatable bonds is 9. The Morgan fingerprint density at radius 3 is 2.48 bits per heavy atom. The van der Waals surface area contributed by atoms with Crippen LogP contribution in [-0.4, -0.2) is 49.1 Å². The van der Waals surface area contributed by atoms with Gasteiger partial charge in [-0.3, -0.25) is 9.59 Å². The maximum atomic E-state index is 12.3. The summed E-state index contributed by atoms with van der Waals surface area (Å²) in [4.78, 5) is 25.9. The third-order valence-corrected chi connectivity index (χ3v) is 4.62. The fourth-order valence-corrected chi connectivity index (χ4v) is 3.02. The summed E-state index contributed by atoms with van der Waals surface area (Å²) in [5.41, 5.74) is 0. The second kappa shape index (κ2) is 10.8. The minimum atomic E-state index is -0.0530. The highest BCUT2D eigenvalue weighted by atomic mass is 16.5. The van der Waals surface area contributed by atoms with Crippen molar-refractivity contribution in [2.24, 2.45) is 5.92 Å². The highest BCUT2D eigenvalue weighted by Gasteiger charge is 2.24. The zero-order valence-electron chi connectivity index (χ0n) is 16.7. The molecule has 6 heteroatoms. The van der Waals surface area contributed by atoms with E-state index in [0.717, 1.165) is 30.8 Å². The van der Waals surface area contributed by atoms with E-state index in [9.17, 15) is 9.59 Å². The minimum absolute atomic E-state index is 0.0268. The molecule has 1 aromatic carbocycles. The molecular formula is C21H32N2O4. The molecule has 0 spiro atoms. The van der Waals surface area contributed by atoms with Gasteiger partial charge in [0.25, 0.3) is 0 Å². The number of hydrogen-bond donors (Lipinski definition) is 1. The highest BCUT2D eigenvalue weighted by molar-refractivity contribution is 5.84. The van der Waals surface area contributed by atoms with Gasteiger partial charge >= 0.3 is 0 Å². The predicted octanol–water partition coefficient (Wildman–Crippen LogP) is 3.01. The van der Waals surface area contributed by atoms with Gasteiger partial charge in [-0.25, -0.2) is 0 Å². The lowest BCUT2D eigenvalue weighted by molar-refractivity contribution is -0.134. The van der Waals surface area contributed by atoms with Gasteiger partial charge in [-0.05, 0) is 31.4 Å². The van der Waals surface area contributed by atoms with Gasteiger partial charge in [-0.15, -0.1) is 0 Å². The Labute approximate surface area is 162 Å². The minimum Gasteiger partial charge on any atom is -0.490 e. The third-order valence-electron chi connectivity index (χ3n) is 4.62. The molecule has 150 valence electrons. The molecule has 1 heterocycles. The van der Waals surface area contributed by atoms with E-state index in [0.29, 0.717) is 32.0 Å². The third kappa shape index (κ3) is 7.12. The molecule has 0 aromatic heterocycles. The largest absolute Gasteiger partial charge is 0.490 e. The molecule has 2 amide bonds. The summed E-state index contributed by atoms with van der Waals surface area (Å²) in [7, 11) is 0. The molecule has 1 fully saturated rings. The highest BCUT2D eigenvalue weighted by Crippen LogP contribution is 2.29. The number of para-hydroxylation sites is 2. The second-order valence-corrected chi connectivity index (χ2v) is 7.29. The summed E-state index contributed by atoms with van der Waals surface area (Å²) in [5.74, 6) is 1.91. The molecular weight excluding hydrogens is 344 g/mol. The zero-order valence-corrected chi connectivity index (χ0v) is 16.7. The van der Waals surface area contributed by atoms with Crippen LogP contribution in [-0.2, 0) is 9.59 Å². The van der Waals surface area contributed by atoms with Crippen molar-refractivity contribution < 1.29 is 19.1 Å². The molecule has 0 radical (unpaired) electrons. The molecule has 0 unspecified atom stereocenters. The maximum Gasteiger partial charge on any atom is 0.241 e. The number of ether oxygens (including phenoxy) is 2. The van der Waals surface area contributed by atoms with Gasteiger partial charge < -0.3 is 19.7 Å². The van der Waals surface area contributed by atoms with E-state index in [1.54, 1.807) is 4.90 Å². The Bertz CT molecular complexity index is 610. The van der Waals surface area contributed by atoms with Gasteiger partial charge in [0, 0.05) is 32.4 Å². The number of amides is 2. The number of nitrogens with zero attached hydrogens (tertiary/aromatic N) is 1. The number of carbonyl (C=O) groups excluding carboxylic acids is 2. The Balaban J connectivity index is 1.73. The molecule has 1 aliphatic rings. The average Bonchev–Trinajstić information content (AvgIpc) is 2.66. The maximum absolute atomic E-state index is 12.3. The van der Waals surface area contributed by atoms with Crippen LogP contribution in [0.5, 0.6) is 11.5 Å². The molecule has 1 aliphatic heterocycles. The molecule has 0 atom stereocenters. The van der Waals surface area contributed by atoms with E-state index >= 15 is 0 Å². The first-order valence-corrected chi connectivity index (χ1v) is 9.92. The van der Waals surface area contributed by atoms with E-state index in [-0.39, 0.29) is 24.5 Å². The lowest BCUT2D eigenvalue weighted by Crippen LogP contribution is -2.46.